The maximum atomic E-state index is 12.2. The van der Waals surface area contributed by atoms with Gasteiger partial charge in [-0.1, -0.05) is 30.7 Å². The summed E-state index contributed by atoms with van der Waals surface area (Å²) >= 11 is 5.99. The molecule has 1 aliphatic rings. The van der Waals surface area contributed by atoms with Gasteiger partial charge in [-0.15, -0.1) is 0 Å². The van der Waals surface area contributed by atoms with Crippen LogP contribution in [0.1, 0.15) is 32.8 Å². The number of hydrogen-bond donors (Lipinski definition) is 1. The second-order valence-electron chi connectivity index (χ2n) is 6.33. The fourth-order valence-corrected chi connectivity index (χ4v) is 4.45. The van der Waals surface area contributed by atoms with Crippen LogP contribution in [0.3, 0.4) is 0 Å². The molecular weight excluding hydrogens is 320 g/mol. The minimum Gasteiger partial charge on any atom is -0.310 e. The molecule has 2 rings (SSSR count). The van der Waals surface area contributed by atoms with Crippen LogP contribution < -0.4 is 5.32 Å². The fourth-order valence-electron chi connectivity index (χ4n) is 2.84. The van der Waals surface area contributed by atoms with Crippen LogP contribution in [-0.4, -0.2) is 37.1 Å². The first-order valence-electron chi connectivity index (χ1n) is 7.77. The first-order chi connectivity index (χ1) is 10.3. The molecule has 0 bridgehead atoms. The summed E-state index contributed by atoms with van der Waals surface area (Å²) in [7, 11) is -3.14. The average Bonchev–Trinajstić information content (AvgIpc) is 2.45. The maximum Gasteiger partial charge on any atom is 0.216 e. The topological polar surface area (TPSA) is 49.4 Å². The predicted octanol–water partition coefficient (Wildman–Crippen LogP) is 2.88. The minimum atomic E-state index is -3.14. The zero-order valence-electron chi connectivity index (χ0n) is 13.4. The lowest BCUT2D eigenvalue weighted by Crippen LogP contribution is -2.51. The molecule has 0 aliphatic carbocycles. The zero-order chi connectivity index (χ0) is 16.3. The molecule has 0 spiro atoms. The summed E-state index contributed by atoms with van der Waals surface area (Å²) in [5, 5.41) is 3.93. The Labute approximate surface area is 138 Å². The van der Waals surface area contributed by atoms with Crippen molar-refractivity contribution in [2.75, 3.05) is 13.1 Å². The third-order valence-corrected chi connectivity index (χ3v) is 6.76. The smallest absolute Gasteiger partial charge is 0.216 e. The van der Waals surface area contributed by atoms with Gasteiger partial charge in [-0.25, -0.2) is 12.7 Å². The van der Waals surface area contributed by atoms with E-state index < -0.39 is 10.0 Å². The molecule has 22 heavy (non-hydrogen) atoms. The van der Waals surface area contributed by atoms with Gasteiger partial charge >= 0.3 is 0 Å². The van der Waals surface area contributed by atoms with Crippen LogP contribution >= 0.6 is 11.6 Å². The molecule has 0 radical (unpaired) electrons. The Kier molecular flexibility index (Phi) is 5.88. The molecule has 0 unspecified atom stereocenters. The third kappa shape index (κ3) is 4.22. The summed E-state index contributed by atoms with van der Waals surface area (Å²) in [4.78, 5) is 0. The van der Waals surface area contributed by atoms with Gasteiger partial charge < -0.3 is 5.32 Å². The molecule has 1 N–H and O–H groups in total. The molecule has 1 saturated heterocycles. The number of halogens is 1. The summed E-state index contributed by atoms with van der Waals surface area (Å²) in [6, 6.07) is 8.14. The summed E-state index contributed by atoms with van der Waals surface area (Å²) in [6.45, 7) is 7.53. The SMILES string of the molecule is CC(C)S(=O)(=O)N1CC[C@@H](NCc2cccc(Cl)c2)[C@H](C)C1. The Hall–Kier alpha value is -0.620. The normalized spacial score (nSPS) is 23.9. The van der Waals surface area contributed by atoms with Crippen molar-refractivity contribution in [3.05, 3.63) is 34.9 Å². The van der Waals surface area contributed by atoms with Gasteiger partial charge in [0, 0.05) is 30.7 Å². The van der Waals surface area contributed by atoms with E-state index in [1.165, 1.54) is 0 Å². The van der Waals surface area contributed by atoms with Crippen molar-refractivity contribution in [2.24, 2.45) is 5.92 Å². The van der Waals surface area contributed by atoms with Crippen molar-refractivity contribution >= 4 is 21.6 Å². The first-order valence-corrected chi connectivity index (χ1v) is 9.65. The number of nitrogens with zero attached hydrogens (tertiary/aromatic N) is 1. The van der Waals surface area contributed by atoms with Crippen LogP contribution in [0, 0.1) is 5.92 Å². The monoisotopic (exact) mass is 344 g/mol. The predicted molar refractivity (Wildman–Crippen MR) is 91.5 cm³/mol. The van der Waals surface area contributed by atoms with E-state index in [1.807, 2.05) is 24.3 Å². The van der Waals surface area contributed by atoms with Crippen molar-refractivity contribution in [3.8, 4) is 0 Å². The fraction of sp³-hybridized carbons (Fsp3) is 0.625. The molecule has 6 heteroatoms. The summed E-state index contributed by atoms with van der Waals surface area (Å²) < 4.78 is 26.1. The third-order valence-electron chi connectivity index (χ3n) is 4.28. The highest BCUT2D eigenvalue weighted by atomic mass is 35.5. The Morgan fingerprint density at radius 1 is 1.41 bits per heavy atom. The largest absolute Gasteiger partial charge is 0.310 e. The van der Waals surface area contributed by atoms with Gasteiger partial charge in [-0.05, 0) is 43.9 Å². The van der Waals surface area contributed by atoms with E-state index in [0.717, 1.165) is 23.6 Å². The van der Waals surface area contributed by atoms with E-state index in [1.54, 1.807) is 18.2 Å². The molecule has 1 heterocycles. The van der Waals surface area contributed by atoms with Crippen molar-refractivity contribution in [1.29, 1.82) is 0 Å². The van der Waals surface area contributed by atoms with Crippen molar-refractivity contribution in [2.45, 2.75) is 45.0 Å². The molecule has 1 fully saturated rings. The quantitative estimate of drug-likeness (QED) is 0.893. The van der Waals surface area contributed by atoms with E-state index in [9.17, 15) is 8.42 Å². The van der Waals surface area contributed by atoms with Crippen LogP contribution in [0.15, 0.2) is 24.3 Å². The van der Waals surface area contributed by atoms with Crippen molar-refractivity contribution in [3.63, 3.8) is 0 Å². The molecule has 4 nitrogen and oxygen atoms in total. The molecule has 1 aromatic rings. The molecule has 1 aromatic carbocycles. The van der Waals surface area contributed by atoms with Gasteiger partial charge in [-0.3, -0.25) is 0 Å². The standard InChI is InChI=1S/C16H25ClN2O2S/c1-12(2)22(20,21)19-8-7-16(13(3)11-19)18-10-14-5-4-6-15(17)9-14/h4-6,9,12-13,16,18H,7-8,10-11H2,1-3H3/t13-,16-/m1/s1. The van der Waals surface area contributed by atoms with Crippen molar-refractivity contribution in [1.82, 2.24) is 9.62 Å². The Morgan fingerprint density at radius 2 is 2.14 bits per heavy atom. The van der Waals surface area contributed by atoms with E-state index in [2.05, 4.69) is 12.2 Å². The Balaban J connectivity index is 1.91. The van der Waals surface area contributed by atoms with Gasteiger partial charge in [0.25, 0.3) is 0 Å². The second-order valence-corrected chi connectivity index (χ2v) is 9.26. The lowest BCUT2D eigenvalue weighted by Gasteiger charge is -2.37. The first kappa shape index (κ1) is 17.7. The van der Waals surface area contributed by atoms with Gasteiger partial charge in [0.1, 0.15) is 0 Å². The van der Waals surface area contributed by atoms with Crippen molar-refractivity contribution < 1.29 is 8.42 Å². The number of benzene rings is 1. The van der Waals surface area contributed by atoms with Gasteiger partial charge in [0.2, 0.25) is 10.0 Å². The lowest BCUT2D eigenvalue weighted by molar-refractivity contribution is 0.218. The molecule has 2 atom stereocenters. The lowest BCUT2D eigenvalue weighted by atomic mass is 9.95. The highest BCUT2D eigenvalue weighted by Crippen LogP contribution is 2.22. The Bertz CT molecular complexity index is 604. The number of hydrogen-bond acceptors (Lipinski definition) is 3. The molecule has 0 saturated carbocycles. The Morgan fingerprint density at radius 3 is 2.73 bits per heavy atom. The van der Waals surface area contributed by atoms with Crippen LogP contribution in [-0.2, 0) is 16.6 Å². The molecule has 1 aliphatic heterocycles. The molecule has 0 amide bonds. The molecular formula is C16H25ClN2O2S. The zero-order valence-corrected chi connectivity index (χ0v) is 15.0. The van der Waals surface area contributed by atoms with E-state index >= 15 is 0 Å². The van der Waals surface area contributed by atoms with Gasteiger partial charge in [-0.2, -0.15) is 0 Å². The van der Waals surface area contributed by atoms with E-state index in [4.69, 9.17) is 11.6 Å². The van der Waals surface area contributed by atoms with Gasteiger partial charge in [0.15, 0.2) is 0 Å². The number of nitrogens with one attached hydrogen (secondary N) is 1. The molecule has 0 aromatic heterocycles. The van der Waals surface area contributed by atoms with Gasteiger partial charge in [0.05, 0.1) is 5.25 Å². The summed E-state index contributed by atoms with van der Waals surface area (Å²) in [5.74, 6) is 0.293. The van der Waals surface area contributed by atoms with Crippen LogP contribution in [0.5, 0.6) is 0 Å². The number of sulfonamides is 1. The van der Waals surface area contributed by atoms with Crippen LogP contribution in [0.4, 0.5) is 0 Å². The van der Waals surface area contributed by atoms with Crippen LogP contribution in [0.25, 0.3) is 0 Å². The maximum absolute atomic E-state index is 12.2. The summed E-state index contributed by atoms with van der Waals surface area (Å²) in [5.41, 5.74) is 1.15. The highest BCUT2D eigenvalue weighted by molar-refractivity contribution is 7.89. The number of piperidine rings is 1. The average molecular weight is 345 g/mol. The molecule has 124 valence electrons. The van der Waals surface area contributed by atoms with Crippen LogP contribution in [0.2, 0.25) is 5.02 Å². The number of rotatable bonds is 5. The van der Waals surface area contributed by atoms with E-state index in [-0.39, 0.29) is 5.25 Å². The van der Waals surface area contributed by atoms with E-state index in [0.29, 0.717) is 25.0 Å². The summed E-state index contributed by atoms with van der Waals surface area (Å²) in [6.07, 6.45) is 0.841. The second kappa shape index (κ2) is 7.30. The minimum absolute atomic E-state index is 0.293. The highest BCUT2D eigenvalue weighted by Gasteiger charge is 2.33.